The molecule has 0 unspecified atom stereocenters. The first-order chi connectivity index (χ1) is 6.15. The topological polar surface area (TPSA) is 43.4 Å². The molecule has 2 rings (SSSR count). The average molecular weight is 199 g/mol. The fourth-order valence-corrected chi connectivity index (χ4v) is 0.940. The maximum absolute atomic E-state index is 10.8. The Labute approximate surface area is 80.5 Å². The second-order valence-electron chi connectivity index (χ2n) is 2.48. The van der Waals surface area contributed by atoms with Crippen molar-refractivity contribution in [3.05, 3.63) is 35.5 Å². The molecule has 0 fully saturated rings. The minimum absolute atomic E-state index is 0.185. The summed E-state index contributed by atoms with van der Waals surface area (Å²) in [5, 5.41) is 0. The van der Waals surface area contributed by atoms with E-state index in [1.54, 1.807) is 0 Å². The van der Waals surface area contributed by atoms with E-state index in [0.717, 1.165) is 11.1 Å². The maximum atomic E-state index is 10.8. The molecule has 2 bridgehead atoms. The average Bonchev–Trinajstić information content (AvgIpc) is 2.65. The van der Waals surface area contributed by atoms with Crippen LogP contribution in [-0.2, 0) is 13.9 Å². The summed E-state index contributed by atoms with van der Waals surface area (Å²) in [7, 11) is 0. The minimum atomic E-state index is -0.480. The molecular weight excluding hydrogens is 192 g/mol. The molecule has 0 amide bonds. The van der Waals surface area contributed by atoms with Gasteiger partial charge in [0.15, 0.2) is 5.78 Å². The maximum Gasteiger partial charge on any atom is 0.321 e. The number of carbonyl (C=O) groups is 2. The van der Waals surface area contributed by atoms with E-state index in [0.29, 0.717) is 0 Å². The highest BCUT2D eigenvalue weighted by Crippen LogP contribution is 2.23. The summed E-state index contributed by atoms with van der Waals surface area (Å²) in [6.07, 6.45) is 7.38. The summed E-state index contributed by atoms with van der Waals surface area (Å²) in [5.41, 5.74) is 1.67. The molecule has 0 heterocycles. The molecule has 4 heteroatoms. The number of Topliss-reactive ketones (excluding diaryl/α,β-unsaturated/α-hetero) is 1. The molecule has 0 aliphatic heterocycles. The van der Waals surface area contributed by atoms with Gasteiger partial charge in [-0.2, -0.15) is 0 Å². The molecule has 0 saturated carbocycles. The summed E-state index contributed by atoms with van der Waals surface area (Å²) in [4.78, 5) is 20.2. The van der Waals surface area contributed by atoms with Crippen LogP contribution in [0.3, 0.4) is 0 Å². The highest BCUT2D eigenvalue weighted by molar-refractivity contribution is 6.17. The predicted molar refractivity (Wildman–Crippen MR) is 47.9 cm³/mol. The Hall–Kier alpha value is -1.35. The van der Waals surface area contributed by atoms with E-state index >= 15 is 0 Å². The second-order valence-corrected chi connectivity index (χ2v) is 2.63. The van der Waals surface area contributed by atoms with Gasteiger partial charge in [0.2, 0.25) is 0 Å². The Morgan fingerprint density at radius 3 is 1.77 bits per heavy atom. The molecule has 0 N–H and O–H groups in total. The zero-order chi connectivity index (χ0) is 9.84. The molecule has 0 aromatic heterocycles. The molecule has 0 saturated heterocycles. The van der Waals surface area contributed by atoms with Crippen LogP contribution in [0.4, 0.5) is 0 Å². The first-order valence-electron chi connectivity index (χ1n) is 3.59. The lowest BCUT2D eigenvalue weighted by Crippen LogP contribution is -1.89. The van der Waals surface area contributed by atoms with Gasteiger partial charge in [-0.15, -0.1) is 0 Å². The van der Waals surface area contributed by atoms with Gasteiger partial charge in [0.25, 0.3) is 0 Å². The Bertz CT molecular complexity index is 313. The molecule has 0 radical (unpaired) electrons. The Morgan fingerprint density at radius 1 is 1.31 bits per heavy atom. The standard InChI is InChI=1S/C7H4O.C2H3ClO2/c8-7-5-1-2-6(7)4-3-5;1-2(4)5-3/h1-4H;1H3. The van der Waals surface area contributed by atoms with Crippen LogP contribution in [0.15, 0.2) is 35.5 Å². The first-order valence-corrected chi connectivity index (χ1v) is 3.90. The van der Waals surface area contributed by atoms with Gasteiger partial charge in [-0.3, -0.25) is 9.59 Å². The Morgan fingerprint density at radius 2 is 1.69 bits per heavy atom. The van der Waals surface area contributed by atoms with Crippen molar-refractivity contribution in [2.24, 2.45) is 0 Å². The number of ketones is 1. The molecule has 13 heavy (non-hydrogen) atoms. The minimum Gasteiger partial charge on any atom is -0.348 e. The first kappa shape index (κ1) is 9.74. The van der Waals surface area contributed by atoms with E-state index < -0.39 is 5.97 Å². The van der Waals surface area contributed by atoms with E-state index in [1.807, 2.05) is 24.3 Å². The number of hydrogen-bond donors (Lipinski definition) is 0. The third kappa shape index (κ3) is 2.29. The van der Waals surface area contributed by atoms with E-state index in [2.05, 4.69) is 16.2 Å². The molecular formula is C9H7ClO3. The highest BCUT2D eigenvalue weighted by atomic mass is 35.5. The summed E-state index contributed by atoms with van der Waals surface area (Å²) in [6, 6.07) is 0. The van der Waals surface area contributed by atoms with Gasteiger partial charge in [-0.05, 0) is 0 Å². The fourth-order valence-electron chi connectivity index (χ4n) is 0.940. The number of hydrogen-bond acceptors (Lipinski definition) is 3. The number of fused-ring (bicyclic) bond motifs is 2. The van der Waals surface area contributed by atoms with Crippen LogP contribution >= 0.6 is 11.9 Å². The van der Waals surface area contributed by atoms with Crippen LogP contribution in [0.2, 0.25) is 0 Å². The lowest BCUT2D eigenvalue weighted by Gasteiger charge is -1.78. The van der Waals surface area contributed by atoms with Crippen LogP contribution < -0.4 is 0 Å². The number of rotatable bonds is 0. The zero-order valence-electron chi connectivity index (χ0n) is 6.91. The van der Waals surface area contributed by atoms with Gasteiger partial charge < -0.3 is 4.29 Å². The quantitative estimate of drug-likeness (QED) is 0.595. The van der Waals surface area contributed by atoms with Crippen molar-refractivity contribution in [3.8, 4) is 0 Å². The van der Waals surface area contributed by atoms with Gasteiger partial charge in [-0.1, -0.05) is 24.3 Å². The van der Waals surface area contributed by atoms with E-state index in [9.17, 15) is 9.59 Å². The largest absolute Gasteiger partial charge is 0.348 e. The summed E-state index contributed by atoms with van der Waals surface area (Å²) in [5.74, 6) is -0.295. The lowest BCUT2D eigenvalue weighted by atomic mass is 10.2. The molecule has 0 spiro atoms. The van der Waals surface area contributed by atoms with Crippen LogP contribution in [0, 0.1) is 0 Å². The Balaban J connectivity index is 0.000000149. The van der Waals surface area contributed by atoms with E-state index in [1.165, 1.54) is 6.92 Å². The van der Waals surface area contributed by atoms with Crippen molar-refractivity contribution in [2.45, 2.75) is 6.92 Å². The van der Waals surface area contributed by atoms with Crippen LogP contribution in [0.1, 0.15) is 6.92 Å². The molecule has 0 atom stereocenters. The normalized spacial score (nSPS) is 16.0. The van der Waals surface area contributed by atoms with Crippen molar-refractivity contribution in [2.75, 3.05) is 0 Å². The second kappa shape index (κ2) is 4.05. The van der Waals surface area contributed by atoms with Crippen molar-refractivity contribution >= 4 is 23.6 Å². The van der Waals surface area contributed by atoms with Gasteiger partial charge in [0.1, 0.15) is 11.9 Å². The van der Waals surface area contributed by atoms with Gasteiger partial charge in [-0.25, -0.2) is 0 Å². The van der Waals surface area contributed by atoms with E-state index in [-0.39, 0.29) is 5.78 Å². The summed E-state index contributed by atoms with van der Waals surface area (Å²) >= 11 is 4.49. The van der Waals surface area contributed by atoms with Crippen molar-refractivity contribution < 1.29 is 13.9 Å². The highest BCUT2D eigenvalue weighted by Gasteiger charge is 2.19. The Kier molecular flexibility index (Phi) is 3.03. The molecule has 2 aliphatic carbocycles. The fraction of sp³-hybridized carbons (Fsp3) is 0.111. The SMILES string of the molecule is CC(=O)OCl.O=C1C2=CC=C1C=C2. The molecule has 2 aliphatic rings. The van der Waals surface area contributed by atoms with Gasteiger partial charge in [0, 0.05) is 18.1 Å². The van der Waals surface area contributed by atoms with Crippen LogP contribution in [-0.4, -0.2) is 11.8 Å². The summed E-state index contributed by atoms with van der Waals surface area (Å²) < 4.78 is 3.58. The van der Waals surface area contributed by atoms with Gasteiger partial charge in [0.05, 0.1) is 0 Å². The lowest BCUT2D eigenvalue weighted by molar-refractivity contribution is -0.131. The molecule has 3 nitrogen and oxygen atoms in total. The van der Waals surface area contributed by atoms with Crippen molar-refractivity contribution in [1.82, 2.24) is 0 Å². The van der Waals surface area contributed by atoms with Gasteiger partial charge >= 0.3 is 5.97 Å². The van der Waals surface area contributed by atoms with E-state index in [4.69, 9.17) is 0 Å². The van der Waals surface area contributed by atoms with Crippen molar-refractivity contribution in [1.29, 1.82) is 0 Å². The molecule has 68 valence electrons. The van der Waals surface area contributed by atoms with Crippen LogP contribution in [0.25, 0.3) is 0 Å². The van der Waals surface area contributed by atoms with Crippen molar-refractivity contribution in [3.63, 3.8) is 0 Å². The zero-order valence-corrected chi connectivity index (χ0v) is 7.67. The number of halogens is 1. The predicted octanol–water partition coefficient (Wildman–Crippen LogP) is 1.70. The smallest absolute Gasteiger partial charge is 0.321 e. The monoisotopic (exact) mass is 198 g/mol. The third-order valence-corrected chi connectivity index (χ3v) is 1.74. The molecule has 0 aromatic rings. The number of carbonyl (C=O) groups excluding carboxylic acids is 2. The number of allylic oxidation sites excluding steroid dienone is 6. The van der Waals surface area contributed by atoms with Crippen LogP contribution in [0.5, 0.6) is 0 Å². The third-order valence-electron chi connectivity index (χ3n) is 1.52. The summed E-state index contributed by atoms with van der Waals surface area (Å²) in [6.45, 7) is 1.23. The molecule has 0 aromatic carbocycles.